The van der Waals surface area contributed by atoms with Gasteiger partial charge in [-0.05, 0) is 41.4 Å². The molecule has 0 amide bonds. The maximum atomic E-state index is 12.2. The van der Waals surface area contributed by atoms with E-state index in [1.54, 1.807) is 30.3 Å². The Morgan fingerprint density at radius 2 is 1.95 bits per heavy atom. The number of aromatic nitrogens is 1. The molecule has 0 radical (unpaired) electrons. The van der Waals surface area contributed by atoms with Crippen LogP contribution in [0.5, 0.6) is 0 Å². The fourth-order valence-corrected chi connectivity index (χ4v) is 3.18. The Morgan fingerprint density at radius 3 is 2.70 bits per heavy atom. The molecule has 1 aromatic heterocycles. The Bertz CT molecular complexity index is 850. The molecular formula is C15H10ClNO2S. The van der Waals surface area contributed by atoms with Crippen molar-refractivity contribution in [2.75, 3.05) is 0 Å². The van der Waals surface area contributed by atoms with Crippen molar-refractivity contribution in [3.05, 3.63) is 69.5 Å². The third-order valence-electron chi connectivity index (χ3n) is 2.96. The molecule has 0 saturated heterocycles. The second-order valence-electron chi connectivity index (χ2n) is 4.39. The maximum Gasteiger partial charge on any atom is 0.275 e. The normalized spacial score (nSPS) is 10.8. The van der Waals surface area contributed by atoms with Crippen molar-refractivity contribution in [2.24, 2.45) is 0 Å². The fraction of sp³-hybridized carbons (Fsp3) is 0.0667. The van der Waals surface area contributed by atoms with E-state index in [0.717, 1.165) is 10.3 Å². The van der Waals surface area contributed by atoms with E-state index in [0.29, 0.717) is 10.4 Å². The summed E-state index contributed by atoms with van der Waals surface area (Å²) in [5.41, 5.74) is 0.546. The standard InChI is InChI=1S/C15H10ClNO2S/c16-11-5-3-4-10(8-11)9-14(18)17-15(19)12-6-1-2-7-13(12)20-17/h1-8H,9H2. The zero-order valence-corrected chi connectivity index (χ0v) is 11.9. The molecule has 20 heavy (non-hydrogen) atoms. The first-order valence-electron chi connectivity index (χ1n) is 6.04. The minimum Gasteiger partial charge on any atom is -0.273 e. The molecule has 2 aromatic carbocycles. The lowest BCUT2D eigenvalue weighted by molar-refractivity contribution is 0.0923. The summed E-state index contributed by atoms with van der Waals surface area (Å²) in [6, 6.07) is 14.3. The molecule has 0 bridgehead atoms. The molecule has 100 valence electrons. The van der Waals surface area contributed by atoms with Gasteiger partial charge in [-0.25, -0.2) is 0 Å². The van der Waals surface area contributed by atoms with Crippen molar-refractivity contribution in [1.82, 2.24) is 3.96 Å². The number of hydrogen-bond acceptors (Lipinski definition) is 3. The molecule has 0 aliphatic carbocycles. The molecule has 3 nitrogen and oxygen atoms in total. The highest BCUT2D eigenvalue weighted by Crippen LogP contribution is 2.17. The third kappa shape index (κ3) is 2.40. The zero-order valence-electron chi connectivity index (χ0n) is 10.4. The molecule has 0 fully saturated rings. The largest absolute Gasteiger partial charge is 0.275 e. The molecule has 0 aliphatic rings. The highest BCUT2D eigenvalue weighted by atomic mass is 35.5. The summed E-state index contributed by atoms with van der Waals surface area (Å²) in [6.45, 7) is 0. The first-order chi connectivity index (χ1) is 9.65. The van der Waals surface area contributed by atoms with E-state index in [9.17, 15) is 9.59 Å². The van der Waals surface area contributed by atoms with Gasteiger partial charge < -0.3 is 0 Å². The highest BCUT2D eigenvalue weighted by Gasteiger charge is 2.14. The number of carbonyl (C=O) groups is 1. The number of benzene rings is 2. The predicted octanol–water partition coefficient (Wildman–Crippen LogP) is 3.60. The van der Waals surface area contributed by atoms with Crippen LogP contribution in [0.15, 0.2) is 53.3 Å². The van der Waals surface area contributed by atoms with Crippen LogP contribution >= 0.6 is 23.1 Å². The van der Waals surface area contributed by atoms with E-state index in [1.807, 2.05) is 18.2 Å². The molecule has 0 spiro atoms. The van der Waals surface area contributed by atoms with E-state index in [4.69, 9.17) is 11.6 Å². The number of rotatable bonds is 2. The van der Waals surface area contributed by atoms with Crippen molar-refractivity contribution >= 4 is 39.1 Å². The van der Waals surface area contributed by atoms with Gasteiger partial charge in [0.15, 0.2) is 0 Å². The average molecular weight is 304 g/mol. The third-order valence-corrected chi connectivity index (χ3v) is 4.30. The molecule has 3 aromatic rings. The zero-order chi connectivity index (χ0) is 14.1. The summed E-state index contributed by atoms with van der Waals surface area (Å²) in [4.78, 5) is 24.4. The summed E-state index contributed by atoms with van der Waals surface area (Å²) < 4.78 is 2.03. The van der Waals surface area contributed by atoms with Gasteiger partial charge in [0, 0.05) is 5.02 Å². The van der Waals surface area contributed by atoms with E-state index in [2.05, 4.69) is 0 Å². The van der Waals surface area contributed by atoms with Crippen LogP contribution < -0.4 is 5.56 Å². The number of fused-ring (bicyclic) bond motifs is 1. The lowest BCUT2D eigenvalue weighted by Gasteiger charge is -2.01. The molecule has 0 saturated carbocycles. The SMILES string of the molecule is O=C(Cc1cccc(Cl)c1)n1sc2ccccc2c1=O. The molecule has 0 N–H and O–H groups in total. The Hall–Kier alpha value is -1.91. The van der Waals surface area contributed by atoms with Crippen LogP contribution in [0.1, 0.15) is 10.4 Å². The summed E-state index contributed by atoms with van der Waals surface area (Å²) in [5, 5.41) is 1.16. The summed E-state index contributed by atoms with van der Waals surface area (Å²) in [5.74, 6) is -0.238. The van der Waals surface area contributed by atoms with Gasteiger partial charge in [0.2, 0.25) is 5.91 Å². The van der Waals surface area contributed by atoms with Gasteiger partial charge in [-0.15, -0.1) is 0 Å². The highest BCUT2D eigenvalue weighted by molar-refractivity contribution is 7.14. The quantitative estimate of drug-likeness (QED) is 0.725. The maximum absolute atomic E-state index is 12.2. The number of hydrogen-bond donors (Lipinski definition) is 0. The molecule has 0 aliphatic heterocycles. The fourth-order valence-electron chi connectivity index (χ4n) is 2.03. The molecular weight excluding hydrogens is 294 g/mol. The topological polar surface area (TPSA) is 39.1 Å². The summed E-state index contributed by atoms with van der Waals surface area (Å²) >= 11 is 7.07. The van der Waals surface area contributed by atoms with Crippen LogP contribution in [0.2, 0.25) is 5.02 Å². The smallest absolute Gasteiger partial charge is 0.273 e. The van der Waals surface area contributed by atoms with Crippen molar-refractivity contribution in [1.29, 1.82) is 0 Å². The van der Waals surface area contributed by atoms with Crippen molar-refractivity contribution in [3.8, 4) is 0 Å². The van der Waals surface area contributed by atoms with Crippen LogP contribution in [0.3, 0.4) is 0 Å². The lowest BCUT2D eigenvalue weighted by atomic mass is 10.1. The number of nitrogens with zero attached hydrogens (tertiary/aromatic N) is 1. The van der Waals surface area contributed by atoms with Gasteiger partial charge in [-0.3, -0.25) is 9.59 Å². The first kappa shape index (κ1) is 13.1. The minimum atomic E-state index is -0.252. The molecule has 5 heteroatoms. The van der Waals surface area contributed by atoms with Crippen molar-refractivity contribution in [2.45, 2.75) is 6.42 Å². The Balaban J connectivity index is 1.97. The minimum absolute atomic E-state index is 0.160. The summed E-state index contributed by atoms with van der Waals surface area (Å²) in [7, 11) is 0. The van der Waals surface area contributed by atoms with Crippen LogP contribution in [0.25, 0.3) is 10.1 Å². The molecule has 0 unspecified atom stereocenters. The monoisotopic (exact) mass is 303 g/mol. The van der Waals surface area contributed by atoms with Crippen molar-refractivity contribution < 1.29 is 4.79 Å². The number of halogens is 1. The second-order valence-corrected chi connectivity index (χ2v) is 5.81. The van der Waals surface area contributed by atoms with Gasteiger partial charge >= 0.3 is 0 Å². The van der Waals surface area contributed by atoms with E-state index in [-0.39, 0.29) is 17.9 Å². The van der Waals surface area contributed by atoms with Crippen molar-refractivity contribution in [3.63, 3.8) is 0 Å². The Kier molecular flexibility index (Phi) is 3.42. The van der Waals surface area contributed by atoms with Gasteiger partial charge in [0.25, 0.3) is 5.56 Å². The average Bonchev–Trinajstić information content (AvgIpc) is 2.77. The predicted molar refractivity (Wildman–Crippen MR) is 81.9 cm³/mol. The Morgan fingerprint density at radius 1 is 1.15 bits per heavy atom. The first-order valence-corrected chi connectivity index (χ1v) is 7.19. The number of carbonyl (C=O) groups excluding carboxylic acids is 1. The Labute approximate surface area is 124 Å². The van der Waals surface area contributed by atoms with Crippen LogP contribution in [0.4, 0.5) is 0 Å². The van der Waals surface area contributed by atoms with Crippen LogP contribution in [0, 0.1) is 0 Å². The molecule has 0 atom stereocenters. The van der Waals surface area contributed by atoms with E-state index in [1.165, 1.54) is 15.5 Å². The van der Waals surface area contributed by atoms with Crippen LogP contribution in [-0.4, -0.2) is 9.86 Å². The van der Waals surface area contributed by atoms with E-state index < -0.39 is 0 Å². The summed E-state index contributed by atoms with van der Waals surface area (Å²) in [6.07, 6.45) is 0.160. The molecule has 3 rings (SSSR count). The van der Waals surface area contributed by atoms with Gasteiger partial charge in [0.1, 0.15) is 0 Å². The second kappa shape index (κ2) is 5.23. The lowest BCUT2D eigenvalue weighted by Crippen LogP contribution is -2.22. The van der Waals surface area contributed by atoms with Gasteiger partial charge in [-0.2, -0.15) is 3.96 Å². The van der Waals surface area contributed by atoms with Gasteiger partial charge in [-0.1, -0.05) is 35.9 Å². The van der Waals surface area contributed by atoms with E-state index >= 15 is 0 Å². The van der Waals surface area contributed by atoms with Gasteiger partial charge in [0.05, 0.1) is 16.5 Å². The van der Waals surface area contributed by atoms with Crippen LogP contribution in [-0.2, 0) is 6.42 Å². The molecule has 1 heterocycles.